The molecule has 0 aromatic carbocycles. The van der Waals surface area contributed by atoms with E-state index in [1.807, 2.05) is 12.2 Å². The van der Waals surface area contributed by atoms with Crippen LogP contribution in [0.1, 0.15) is 297 Å². The van der Waals surface area contributed by atoms with E-state index in [9.17, 15) is 43.2 Å². The Balaban J connectivity index is 5.49. The Morgan fingerprint density at radius 1 is 0.269 bits per heavy atom. The highest BCUT2D eigenvalue weighted by atomic mass is 31.2. The van der Waals surface area contributed by atoms with E-state index in [1.165, 1.54) is 19.3 Å². The van der Waals surface area contributed by atoms with Crippen molar-refractivity contribution in [2.75, 3.05) is 39.6 Å². The molecule has 3 N–H and O–H groups in total. The molecule has 0 heterocycles. The molecule has 17 nitrogen and oxygen atoms in total. The van der Waals surface area contributed by atoms with Gasteiger partial charge in [0.05, 0.1) is 26.4 Å². The highest BCUT2D eigenvalue weighted by Crippen LogP contribution is 2.45. The minimum Gasteiger partial charge on any atom is -0.462 e. The van der Waals surface area contributed by atoms with E-state index in [-0.39, 0.29) is 25.7 Å². The number of phosphoric acid groups is 2. The van der Waals surface area contributed by atoms with Crippen molar-refractivity contribution < 1.29 is 80.2 Å². The Labute approximate surface area is 654 Å². The molecule has 0 aromatic heterocycles. The molecule has 0 bridgehead atoms. The number of ether oxygens (including phenoxy) is 4. The van der Waals surface area contributed by atoms with Crippen molar-refractivity contribution in [2.24, 2.45) is 0 Å². The largest absolute Gasteiger partial charge is 0.472 e. The van der Waals surface area contributed by atoms with Crippen molar-refractivity contribution >= 4 is 39.5 Å². The molecular formula is C89H144O17P2. The van der Waals surface area contributed by atoms with Gasteiger partial charge < -0.3 is 33.8 Å². The van der Waals surface area contributed by atoms with Gasteiger partial charge in [-0.2, -0.15) is 0 Å². The fourth-order valence-electron chi connectivity index (χ4n) is 10.2. The average Bonchev–Trinajstić information content (AvgIpc) is 0.901. The summed E-state index contributed by atoms with van der Waals surface area (Å²) in [4.78, 5) is 73.1. The zero-order valence-corrected chi connectivity index (χ0v) is 68.7. The number of aliphatic hydroxyl groups is 1. The van der Waals surface area contributed by atoms with Crippen molar-refractivity contribution in [1.29, 1.82) is 0 Å². The maximum absolute atomic E-state index is 13.1. The van der Waals surface area contributed by atoms with Gasteiger partial charge in [0.2, 0.25) is 0 Å². The first-order valence-electron chi connectivity index (χ1n) is 41.0. The first-order chi connectivity index (χ1) is 52.7. The highest BCUT2D eigenvalue weighted by Gasteiger charge is 2.30. The third-order valence-electron chi connectivity index (χ3n) is 16.3. The number of allylic oxidation sites excluding steroid dienone is 30. The van der Waals surface area contributed by atoms with Gasteiger partial charge in [0, 0.05) is 25.7 Å². The number of rotatable bonds is 75. The van der Waals surface area contributed by atoms with Crippen LogP contribution in [0.25, 0.3) is 0 Å². The summed E-state index contributed by atoms with van der Waals surface area (Å²) in [6, 6.07) is 0. The van der Waals surface area contributed by atoms with Crippen molar-refractivity contribution in [3.63, 3.8) is 0 Å². The second-order valence-corrected chi connectivity index (χ2v) is 29.5. The van der Waals surface area contributed by atoms with E-state index >= 15 is 0 Å². The molecule has 0 spiro atoms. The molecule has 5 atom stereocenters. The van der Waals surface area contributed by atoms with Crippen molar-refractivity contribution in [1.82, 2.24) is 0 Å². The smallest absolute Gasteiger partial charge is 0.462 e. The van der Waals surface area contributed by atoms with E-state index in [0.717, 1.165) is 193 Å². The van der Waals surface area contributed by atoms with Crippen LogP contribution in [0, 0.1) is 0 Å². The van der Waals surface area contributed by atoms with E-state index < -0.39 is 97.5 Å². The fraction of sp³-hybridized carbons (Fsp3) is 0.618. The zero-order valence-electron chi connectivity index (χ0n) is 66.9. The number of unbranched alkanes of at least 4 members (excludes halogenated alkanes) is 19. The standard InChI is InChI=1S/C89H144O17P2/c1-5-9-13-17-21-25-29-33-37-40-41-44-47-50-54-58-62-66-70-74-87(92)100-79-84(105-88(93)75-71-67-63-59-55-51-45-36-32-28-24-20-16-12-8-4)81-103-107(95,96)101-77-83(90)78-102-108(97,98)104-82-85(106-89(94)76-72-68-64-60-56-52-48-43-39-35-31-27-23-19-15-11-7-3)80-99-86(91)73-69-65-61-57-53-49-46-42-38-34-30-26-22-18-14-10-6-2/h9-11,13-15,21-28,33-39,41,44-46,49-50,54,57,61,83-85,90H,5-8,12,16-20,29-32,40,42-43,47-48,51-53,55-56,58-60,62-82H2,1-4H3,(H,95,96)(H,97,98)/b13-9-,14-10-,15-11-,25-21-,26-22-,27-23-,28-24-,37-33-,38-34-,39-35-,44-41-,45-36-,49-46-,54-50-,61-57-. The summed E-state index contributed by atoms with van der Waals surface area (Å²) in [5, 5.41) is 10.7. The third kappa shape index (κ3) is 78.3. The van der Waals surface area contributed by atoms with Gasteiger partial charge in [-0.3, -0.25) is 37.3 Å². The van der Waals surface area contributed by atoms with Gasteiger partial charge in [-0.05, 0) is 173 Å². The highest BCUT2D eigenvalue weighted by molar-refractivity contribution is 7.47. The van der Waals surface area contributed by atoms with E-state index in [4.69, 9.17) is 37.0 Å². The first-order valence-corrected chi connectivity index (χ1v) is 44.0. The lowest BCUT2D eigenvalue weighted by atomic mass is 10.1. The predicted octanol–water partition coefficient (Wildman–Crippen LogP) is 24.3. The van der Waals surface area contributed by atoms with Crippen molar-refractivity contribution in [2.45, 2.75) is 316 Å². The van der Waals surface area contributed by atoms with Crippen LogP contribution in [0.3, 0.4) is 0 Å². The second kappa shape index (κ2) is 79.3. The van der Waals surface area contributed by atoms with E-state index in [0.29, 0.717) is 32.1 Å². The van der Waals surface area contributed by atoms with Crippen LogP contribution in [0.5, 0.6) is 0 Å². The lowest BCUT2D eigenvalue weighted by Crippen LogP contribution is -2.30. The summed E-state index contributed by atoms with van der Waals surface area (Å²) in [5.41, 5.74) is 0. The fourth-order valence-corrected chi connectivity index (χ4v) is 11.8. The number of carbonyl (C=O) groups is 4. The average molecular weight is 1550 g/mol. The van der Waals surface area contributed by atoms with Crippen LogP contribution in [-0.4, -0.2) is 96.7 Å². The SMILES string of the molecule is CC/C=C\C/C=C\C/C=C\C/C=C\C/C=C\CCCCCC(=O)OCC(COP(=O)(O)OCC(O)COP(=O)(O)OCC(COC(=O)CCC/C=C\C/C=C\C/C=C\C/C=C\C/C=C\CC)OC(=O)CCCCCCCCC/C=C\C/C=C\C/C=C\CC)OC(=O)CCCCCCC/C=C\C/C=C\CCCCC. The van der Waals surface area contributed by atoms with Gasteiger partial charge in [0.15, 0.2) is 12.2 Å². The molecule has 0 amide bonds. The van der Waals surface area contributed by atoms with Crippen LogP contribution in [-0.2, 0) is 65.4 Å². The Morgan fingerprint density at radius 3 is 0.787 bits per heavy atom. The maximum atomic E-state index is 13.1. The summed E-state index contributed by atoms with van der Waals surface area (Å²) in [7, 11) is -10.0. The Morgan fingerprint density at radius 2 is 0.491 bits per heavy atom. The quantitative estimate of drug-likeness (QED) is 0.0169. The van der Waals surface area contributed by atoms with Gasteiger partial charge in [0.25, 0.3) is 0 Å². The van der Waals surface area contributed by atoms with Gasteiger partial charge >= 0.3 is 39.5 Å². The number of hydrogen-bond donors (Lipinski definition) is 3. The molecule has 0 aliphatic heterocycles. The van der Waals surface area contributed by atoms with Gasteiger partial charge in [-0.25, -0.2) is 9.13 Å². The van der Waals surface area contributed by atoms with Gasteiger partial charge in [0.1, 0.15) is 19.3 Å². The predicted molar refractivity (Wildman–Crippen MR) is 445 cm³/mol. The maximum Gasteiger partial charge on any atom is 0.472 e. The summed E-state index contributed by atoms with van der Waals surface area (Å²) in [6.45, 7) is 4.37. The molecule has 0 fully saturated rings. The lowest BCUT2D eigenvalue weighted by molar-refractivity contribution is -0.161. The minimum absolute atomic E-state index is 0.0635. The first kappa shape index (κ1) is 102. The summed E-state index contributed by atoms with van der Waals surface area (Å²) >= 11 is 0. The molecule has 108 heavy (non-hydrogen) atoms. The minimum atomic E-state index is -5.01. The van der Waals surface area contributed by atoms with Crippen LogP contribution in [0.15, 0.2) is 182 Å². The molecular weight excluding hydrogens is 1400 g/mol. The number of hydrogen-bond acceptors (Lipinski definition) is 15. The normalized spacial score (nSPS) is 14.8. The summed E-state index contributed by atoms with van der Waals surface area (Å²) < 4.78 is 68.6. The Bertz CT molecular complexity index is 2760. The molecule has 0 rings (SSSR count). The molecule has 0 saturated heterocycles. The summed E-state index contributed by atoms with van der Waals surface area (Å²) in [6.07, 6.45) is 95.8. The summed E-state index contributed by atoms with van der Waals surface area (Å²) in [5.74, 6) is -2.32. The number of esters is 4. The van der Waals surface area contributed by atoms with Crippen molar-refractivity contribution in [3.05, 3.63) is 182 Å². The molecule has 612 valence electrons. The monoisotopic (exact) mass is 1550 g/mol. The molecule has 0 saturated carbocycles. The second-order valence-electron chi connectivity index (χ2n) is 26.6. The van der Waals surface area contributed by atoms with Crippen LogP contribution < -0.4 is 0 Å². The van der Waals surface area contributed by atoms with Crippen LogP contribution in [0.4, 0.5) is 0 Å². The zero-order chi connectivity index (χ0) is 78.9. The number of phosphoric ester groups is 2. The van der Waals surface area contributed by atoms with Crippen LogP contribution in [0.2, 0.25) is 0 Å². The van der Waals surface area contributed by atoms with Crippen LogP contribution >= 0.6 is 15.6 Å². The number of aliphatic hydroxyl groups excluding tert-OH is 1. The van der Waals surface area contributed by atoms with E-state index in [2.05, 4.69) is 198 Å². The van der Waals surface area contributed by atoms with Crippen molar-refractivity contribution in [3.8, 4) is 0 Å². The Hall–Kier alpha value is -5.84. The third-order valence-corrected chi connectivity index (χ3v) is 18.2. The van der Waals surface area contributed by atoms with E-state index in [1.54, 1.807) is 0 Å². The topological polar surface area (TPSA) is 237 Å². The lowest BCUT2D eigenvalue weighted by Gasteiger charge is -2.21. The van der Waals surface area contributed by atoms with Gasteiger partial charge in [-0.1, -0.05) is 281 Å². The molecule has 0 aliphatic carbocycles. The molecule has 0 aromatic rings. The molecule has 0 aliphatic rings. The number of carbonyl (C=O) groups excluding carboxylic acids is 4. The Kier molecular flexibility index (Phi) is 75.0. The molecule has 5 unspecified atom stereocenters. The molecule has 19 heteroatoms. The van der Waals surface area contributed by atoms with Gasteiger partial charge in [-0.15, -0.1) is 0 Å². The molecule has 0 radical (unpaired) electrons.